The predicted molar refractivity (Wildman–Crippen MR) is 155 cm³/mol. The Morgan fingerprint density at radius 1 is 1.32 bits per heavy atom. The van der Waals surface area contributed by atoms with Crippen LogP contribution in [0.5, 0.6) is 5.88 Å². The van der Waals surface area contributed by atoms with Crippen molar-refractivity contribution in [3.8, 4) is 5.88 Å². The molecule has 0 aromatic carbocycles. The number of fused-ring (bicyclic) bond motifs is 1. The Kier molecular flexibility index (Phi) is 12.2. The van der Waals surface area contributed by atoms with Crippen molar-refractivity contribution in [2.24, 2.45) is 11.3 Å². The highest BCUT2D eigenvalue weighted by atomic mass is 32.2. The molecular weight excluding hydrogens is 575 g/mol. The van der Waals surface area contributed by atoms with Crippen LogP contribution in [0, 0.1) is 11.3 Å². The number of ether oxygens (including phenoxy) is 3. The van der Waals surface area contributed by atoms with Gasteiger partial charge in [0.25, 0.3) is 0 Å². The number of aromatic nitrogens is 4. The third-order valence-electron chi connectivity index (χ3n) is 6.25. The Hall–Kier alpha value is -2.45. The predicted octanol–water partition coefficient (Wildman–Crippen LogP) is 3.96. The molecule has 1 fully saturated rings. The van der Waals surface area contributed by atoms with Gasteiger partial charge in [-0.05, 0) is 33.6 Å². The number of carbonyl (C=O) groups is 2. The maximum atomic E-state index is 12.6. The largest absolute Gasteiger partial charge is 0.476 e. The number of nitrogen functional groups attached to an aromatic ring is 1. The Morgan fingerprint density at radius 2 is 2.07 bits per heavy atom. The Labute approximate surface area is 244 Å². The van der Waals surface area contributed by atoms with Gasteiger partial charge in [-0.15, -0.1) is 0 Å². The fourth-order valence-corrected chi connectivity index (χ4v) is 5.85. The van der Waals surface area contributed by atoms with E-state index in [4.69, 9.17) is 29.0 Å². The number of amides is 1. The van der Waals surface area contributed by atoms with E-state index in [0.717, 1.165) is 11.8 Å². The normalized spacial score (nSPS) is 19.9. The molecule has 1 unspecified atom stereocenters. The Balaban J connectivity index is 1.38. The summed E-state index contributed by atoms with van der Waals surface area (Å²) >= 11 is 1.10. The summed E-state index contributed by atoms with van der Waals surface area (Å²) in [4.78, 5) is 37.0. The summed E-state index contributed by atoms with van der Waals surface area (Å²) in [6.45, 7) is 12.0. The van der Waals surface area contributed by atoms with Gasteiger partial charge in [-0.25, -0.2) is 9.78 Å². The molecule has 3 heterocycles. The molecule has 0 aliphatic carbocycles. The van der Waals surface area contributed by atoms with Crippen molar-refractivity contribution in [1.82, 2.24) is 24.8 Å². The molecule has 230 valence electrons. The number of hydrogen-bond donors (Lipinski definition) is 2. The van der Waals surface area contributed by atoms with Crippen molar-refractivity contribution < 1.29 is 37.4 Å². The van der Waals surface area contributed by atoms with Gasteiger partial charge in [0.15, 0.2) is 16.3 Å². The molecule has 0 saturated carbocycles. The van der Waals surface area contributed by atoms with Crippen LogP contribution in [0.3, 0.4) is 0 Å². The van der Waals surface area contributed by atoms with Crippen LogP contribution in [0.4, 0.5) is 10.7 Å². The second kappa shape index (κ2) is 15.1. The number of alkyl carbamates (subject to hydrolysis) is 1. The molecule has 1 aliphatic rings. The molecule has 0 bridgehead atoms. The average molecular weight is 617 g/mol. The van der Waals surface area contributed by atoms with E-state index in [2.05, 4.69) is 20.3 Å². The topological polar surface area (TPSA) is 179 Å². The minimum Gasteiger partial charge on any atom is -0.476 e. The fourth-order valence-electron chi connectivity index (χ4n) is 4.19. The van der Waals surface area contributed by atoms with Gasteiger partial charge in [-0.2, -0.15) is 9.97 Å². The highest BCUT2D eigenvalue weighted by Gasteiger charge is 2.35. The summed E-state index contributed by atoms with van der Waals surface area (Å²) in [5, 5.41) is 2.59. The molecule has 2 aromatic rings. The fraction of sp³-hybridized carbons (Fsp3) is 0.720. The van der Waals surface area contributed by atoms with Gasteiger partial charge in [0, 0.05) is 23.6 Å². The lowest BCUT2D eigenvalue weighted by Gasteiger charge is -2.22. The van der Waals surface area contributed by atoms with Gasteiger partial charge < -0.3 is 34.3 Å². The third kappa shape index (κ3) is 9.53. The molecule has 1 saturated heterocycles. The Morgan fingerprint density at radius 3 is 2.78 bits per heavy atom. The van der Waals surface area contributed by atoms with E-state index >= 15 is 0 Å². The lowest BCUT2D eigenvalue weighted by atomic mass is 9.91. The number of hydrogen-bond acceptors (Lipinski definition) is 13. The van der Waals surface area contributed by atoms with Crippen LogP contribution in [-0.4, -0.2) is 75.1 Å². The van der Waals surface area contributed by atoms with Gasteiger partial charge in [0.05, 0.1) is 38.4 Å². The van der Waals surface area contributed by atoms with E-state index in [1.807, 2.05) is 27.7 Å². The molecule has 4 atom stereocenters. The number of nitrogens with zero attached hydrogens (tertiary/aromatic N) is 4. The molecule has 1 aliphatic heterocycles. The van der Waals surface area contributed by atoms with E-state index in [1.54, 1.807) is 24.7 Å². The molecule has 14 nitrogen and oxygen atoms in total. The number of nitrogens with one attached hydrogen (secondary N) is 1. The molecule has 3 N–H and O–H groups in total. The number of imidazole rings is 1. The summed E-state index contributed by atoms with van der Waals surface area (Å²) in [6, 6.07) is 0. The van der Waals surface area contributed by atoms with Crippen LogP contribution >= 0.6 is 20.0 Å². The third-order valence-corrected chi connectivity index (χ3v) is 8.28. The second-order valence-electron chi connectivity index (χ2n) is 10.6. The monoisotopic (exact) mass is 616 g/mol. The van der Waals surface area contributed by atoms with Crippen LogP contribution in [0.1, 0.15) is 60.6 Å². The molecule has 1 amide bonds. The minimum absolute atomic E-state index is 0.0486. The van der Waals surface area contributed by atoms with E-state index in [-0.39, 0.29) is 48.6 Å². The number of anilines is 1. The van der Waals surface area contributed by atoms with E-state index < -0.39 is 19.8 Å². The number of nitrogens with two attached hydrogens (primary N) is 1. The van der Waals surface area contributed by atoms with Gasteiger partial charge in [-0.1, -0.05) is 32.5 Å². The molecule has 2 aromatic heterocycles. The van der Waals surface area contributed by atoms with Crippen molar-refractivity contribution in [2.75, 3.05) is 37.9 Å². The van der Waals surface area contributed by atoms with E-state index in [1.165, 1.54) is 0 Å². The zero-order valence-electron chi connectivity index (χ0n) is 24.4. The second-order valence-corrected chi connectivity index (χ2v) is 12.7. The lowest BCUT2D eigenvalue weighted by molar-refractivity contribution is -0.118. The summed E-state index contributed by atoms with van der Waals surface area (Å²) in [6.07, 6.45) is 1.35. The number of carbonyl (C=O) groups excluding carboxylic acids is 2. The number of rotatable bonds is 15. The lowest BCUT2D eigenvalue weighted by Crippen LogP contribution is -2.32. The molecule has 16 heteroatoms. The molecule has 0 spiro atoms. The van der Waals surface area contributed by atoms with Crippen LogP contribution in [0.25, 0.3) is 11.2 Å². The van der Waals surface area contributed by atoms with Crippen molar-refractivity contribution in [1.29, 1.82) is 0 Å². The highest BCUT2D eigenvalue weighted by molar-refractivity contribution is 8.13. The quantitative estimate of drug-likeness (QED) is 0.217. The molecule has 0 radical (unpaired) electrons. The van der Waals surface area contributed by atoms with E-state index in [9.17, 15) is 14.2 Å². The summed E-state index contributed by atoms with van der Waals surface area (Å²) in [5.41, 5.74) is 6.22. The summed E-state index contributed by atoms with van der Waals surface area (Å²) < 4.78 is 41.6. The molecule has 3 rings (SSSR count). The van der Waals surface area contributed by atoms with Gasteiger partial charge in [-0.3, -0.25) is 13.9 Å². The van der Waals surface area contributed by atoms with Crippen LogP contribution in [-0.2, 0) is 27.9 Å². The molecule has 41 heavy (non-hydrogen) atoms. The first-order valence-electron chi connectivity index (χ1n) is 13.6. The van der Waals surface area contributed by atoms with Gasteiger partial charge in [0.2, 0.25) is 11.8 Å². The first kappa shape index (κ1) is 33.1. The zero-order chi connectivity index (χ0) is 30.2. The number of thioether (sulfide) groups is 1. The SMILES string of the molecule is CCOc1nc(N)nc2c1ncn2[C@@H]1O[C@H](CO[PH](=O)OCCSC(=O)C(C)(C)CCNC(=O)OC(C)C)C[C@@H]1C. The van der Waals surface area contributed by atoms with Crippen molar-refractivity contribution in [3.63, 3.8) is 0 Å². The van der Waals surface area contributed by atoms with E-state index in [0.29, 0.717) is 48.8 Å². The standard InChI is InChI=1S/C25H41N6O8PS/c1-7-35-20-18-19(29-23(26)30-20)31(14-28-18)21-16(4)12-17(39-21)13-37-40(34)36-10-11-41-22(32)25(5,6)8-9-27-24(33)38-15(2)3/h14-17,21,40H,7-13H2,1-6H3,(H,27,33)(H2,26,29,30)/t16-,17-,21+/m0/s1. The first-order chi connectivity index (χ1) is 19.4. The zero-order valence-corrected chi connectivity index (χ0v) is 26.2. The van der Waals surface area contributed by atoms with Gasteiger partial charge >= 0.3 is 14.3 Å². The molecular formula is C25H41N6O8PS. The first-order valence-corrected chi connectivity index (χ1v) is 15.8. The summed E-state index contributed by atoms with van der Waals surface area (Å²) in [7, 11) is -2.77. The highest BCUT2D eigenvalue weighted by Crippen LogP contribution is 2.38. The van der Waals surface area contributed by atoms with Crippen molar-refractivity contribution >= 4 is 48.3 Å². The van der Waals surface area contributed by atoms with Crippen LogP contribution in [0.2, 0.25) is 0 Å². The minimum atomic E-state index is -2.77. The van der Waals surface area contributed by atoms with Crippen LogP contribution < -0.4 is 15.8 Å². The average Bonchev–Trinajstić information content (AvgIpc) is 3.47. The maximum Gasteiger partial charge on any atom is 0.407 e. The van der Waals surface area contributed by atoms with Crippen LogP contribution in [0.15, 0.2) is 6.33 Å². The Bertz CT molecular complexity index is 1210. The van der Waals surface area contributed by atoms with Crippen molar-refractivity contribution in [2.45, 2.75) is 72.8 Å². The smallest absolute Gasteiger partial charge is 0.407 e. The maximum absolute atomic E-state index is 12.6. The van der Waals surface area contributed by atoms with Gasteiger partial charge in [0.1, 0.15) is 6.23 Å². The van der Waals surface area contributed by atoms with Crippen molar-refractivity contribution in [3.05, 3.63) is 6.33 Å². The summed E-state index contributed by atoms with van der Waals surface area (Å²) in [5.74, 6) is 0.816.